The van der Waals surface area contributed by atoms with Gasteiger partial charge >= 0.3 is 0 Å². The Hall–Kier alpha value is -2.48. The summed E-state index contributed by atoms with van der Waals surface area (Å²) >= 11 is 1.49. The van der Waals surface area contributed by atoms with E-state index in [0.717, 1.165) is 21.0 Å². The second-order valence-electron chi connectivity index (χ2n) is 7.10. The number of halogens is 1. The molecule has 1 fully saturated rings. The predicted octanol–water partition coefficient (Wildman–Crippen LogP) is 3.48. The van der Waals surface area contributed by atoms with Crippen LogP contribution in [-0.2, 0) is 0 Å². The Balaban J connectivity index is 1.47. The highest BCUT2D eigenvalue weighted by atomic mass is 32.1. The van der Waals surface area contributed by atoms with E-state index in [0.29, 0.717) is 31.9 Å². The van der Waals surface area contributed by atoms with Gasteiger partial charge in [-0.25, -0.2) is 9.37 Å². The number of amides is 1. The van der Waals surface area contributed by atoms with E-state index >= 15 is 0 Å². The molecule has 8 heteroatoms. The molecule has 142 valence electrons. The summed E-state index contributed by atoms with van der Waals surface area (Å²) in [5.74, 6) is -0.222. The van der Waals surface area contributed by atoms with Crippen LogP contribution >= 0.6 is 11.3 Å². The number of piperazine rings is 1. The molecule has 0 unspecified atom stereocenters. The van der Waals surface area contributed by atoms with Crippen LogP contribution in [0.1, 0.15) is 36.1 Å². The van der Waals surface area contributed by atoms with Crippen LogP contribution in [0.3, 0.4) is 0 Å². The molecule has 3 heterocycles. The number of benzene rings is 1. The second-order valence-corrected chi connectivity index (χ2v) is 8.11. The lowest BCUT2D eigenvalue weighted by Crippen LogP contribution is -2.49. The highest BCUT2D eigenvalue weighted by Crippen LogP contribution is 2.30. The van der Waals surface area contributed by atoms with E-state index in [1.54, 1.807) is 10.7 Å². The minimum absolute atomic E-state index is 0.0234. The van der Waals surface area contributed by atoms with Crippen molar-refractivity contribution in [2.24, 2.45) is 0 Å². The van der Waals surface area contributed by atoms with Crippen molar-refractivity contribution in [1.29, 1.82) is 0 Å². The Kier molecular flexibility index (Phi) is 4.59. The number of anilines is 1. The number of aryl methyl sites for hydroxylation is 1. The van der Waals surface area contributed by atoms with Gasteiger partial charge in [0.2, 0.25) is 0 Å². The fourth-order valence-electron chi connectivity index (χ4n) is 3.35. The van der Waals surface area contributed by atoms with E-state index < -0.39 is 0 Å². The van der Waals surface area contributed by atoms with E-state index in [2.05, 4.69) is 15.0 Å². The molecule has 0 atom stereocenters. The zero-order chi connectivity index (χ0) is 19.1. The Morgan fingerprint density at radius 2 is 1.93 bits per heavy atom. The molecule has 1 saturated heterocycles. The molecule has 0 saturated carbocycles. The van der Waals surface area contributed by atoms with Gasteiger partial charge in [-0.2, -0.15) is 5.10 Å². The highest BCUT2D eigenvalue weighted by Gasteiger charge is 2.26. The third kappa shape index (κ3) is 3.41. The third-order valence-corrected chi connectivity index (χ3v) is 5.82. The van der Waals surface area contributed by atoms with E-state index in [-0.39, 0.29) is 17.8 Å². The minimum atomic E-state index is -0.245. The molecule has 1 aliphatic rings. The van der Waals surface area contributed by atoms with Gasteiger partial charge in [-0.05, 0) is 45.0 Å². The first-order valence-corrected chi connectivity index (χ1v) is 9.90. The Bertz CT molecular complexity index is 987. The summed E-state index contributed by atoms with van der Waals surface area (Å²) < 4.78 is 16.0. The summed E-state index contributed by atoms with van der Waals surface area (Å²) in [6.45, 7) is 8.64. The van der Waals surface area contributed by atoms with Gasteiger partial charge in [0.25, 0.3) is 5.91 Å². The molecule has 1 aromatic carbocycles. The van der Waals surface area contributed by atoms with Crippen molar-refractivity contribution in [2.45, 2.75) is 26.8 Å². The molecule has 0 spiro atoms. The average Bonchev–Trinajstić information content (AvgIpc) is 3.24. The first-order valence-electron chi connectivity index (χ1n) is 9.09. The molecule has 27 heavy (non-hydrogen) atoms. The molecular formula is C19H22FN5OS. The van der Waals surface area contributed by atoms with Crippen molar-refractivity contribution < 1.29 is 9.18 Å². The third-order valence-electron chi connectivity index (χ3n) is 4.74. The number of fused-ring (bicyclic) bond motifs is 1. The Morgan fingerprint density at radius 1 is 1.19 bits per heavy atom. The number of aromatic nitrogens is 3. The molecule has 2 aromatic heterocycles. The van der Waals surface area contributed by atoms with Crippen molar-refractivity contribution in [1.82, 2.24) is 19.7 Å². The standard InChI is InChI=1S/C19H22FN5OS/c1-12(2)25-16(10-13(3)22-25)18(26)23-6-8-24(9-7-23)19-21-15-5-4-14(20)11-17(15)27-19/h4-5,10-12H,6-9H2,1-3H3. The maximum absolute atomic E-state index is 13.4. The topological polar surface area (TPSA) is 54.3 Å². The first kappa shape index (κ1) is 17.9. The number of nitrogens with zero attached hydrogens (tertiary/aromatic N) is 5. The lowest BCUT2D eigenvalue weighted by molar-refractivity contribution is 0.0732. The van der Waals surface area contributed by atoms with Crippen LogP contribution in [0.5, 0.6) is 0 Å². The maximum atomic E-state index is 13.4. The number of carbonyl (C=O) groups is 1. The fourth-order valence-corrected chi connectivity index (χ4v) is 4.40. The quantitative estimate of drug-likeness (QED) is 0.690. The van der Waals surface area contributed by atoms with Crippen LogP contribution in [0.4, 0.5) is 9.52 Å². The van der Waals surface area contributed by atoms with Gasteiger partial charge in [0.1, 0.15) is 11.5 Å². The van der Waals surface area contributed by atoms with E-state index in [1.807, 2.05) is 31.7 Å². The van der Waals surface area contributed by atoms with Crippen molar-refractivity contribution in [2.75, 3.05) is 31.1 Å². The van der Waals surface area contributed by atoms with Crippen LogP contribution in [0.2, 0.25) is 0 Å². The van der Waals surface area contributed by atoms with Gasteiger partial charge in [-0.15, -0.1) is 0 Å². The second kappa shape index (κ2) is 6.92. The van der Waals surface area contributed by atoms with Crippen LogP contribution < -0.4 is 4.90 Å². The van der Waals surface area contributed by atoms with E-state index in [9.17, 15) is 9.18 Å². The molecule has 0 bridgehead atoms. The summed E-state index contributed by atoms with van der Waals surface area (Å²) in [5.41, 5.74) is 2.31. The predicted molar refractivity (Wildman–Crippen MR) is 105 cm³/mol. The summed E-state index contributed by atoms with van der Waals surface area (Å²) in [7, 11) is 0. The molecule has 0 radical (unpaired) electrons. The number of hydrogen-bond donors (Lipinski definition) is 0. The molecule has 1 amide bonds. The van der Waals surface area contributed by atoms with Gasteiger partial charge in [0.05, 0.1) is 15.9 Å². The number of rotatable bonds is 3. The summed E-state index contributed by atoms with van der Waals surface area (Å²) in [5, 5.41) is 5.32. The van der Waals surface area contributed by atoms with Crippen molar-refractivity contribution in [3.05, 3.63) is 41.5 Å². The maximum Gasteiger partial charge on any atom is 0.272 e. The zero-order valence-corrected chi connectivity index (χ0v) is 16.5. The molecular weight excluding hydrogens is 365 g/mol. The van der Waals surface area contributed by atoms with E-state index in [4.69, 9.17) is 0 Å². The van der Waals surface area contributed by atoms with Gasteiger partial charge < -0.3 is 9.80 Å². The van der Waals surface area contributed by atoms with Crippen molar-refractivity contribution in [3.63, 3.8) is 0 Å². The van der Waals surface area contributed by atoms with Crippen LogP contribution in [0.15, 0.2) is 24.3 Å². The molecule has 1 aliphatic heterocycles. The smallest absolute Gasteiger partial charge is 0.272 e. The minimum Gasteiger partial charge on any atom is -0.345 e. The number of carbonyl (C=O) groups excluding carboxylic acids is 1. The number of thiazole rings is 1. The largest absolute Gasteiger partial charge is 0.345 e. The van der Waals surface area contributed by atoms with Crippen LogP contribution in [-0.4, -0.2) is 51.8 Å². The first-order chi connectivity index (χ1) is 12.9. The average molecular weight is 387 g/mol. The zero-order valence-electron chi connectivity index (χ0n) is 15.6. The van der Waals surface area contributed by atoms with Gasteiger partial charge in [0, 0.05) is 32.2 Å². The van der Waals surface area contributed by atoms with Gasteiger partial charge in [0.15, 0.2) is 5.13 Å². The Morgan fingerprint density at radius 3 is 2.63 bits per heavy atom. The summed E-state index contributed by atoms with van der Waals surface area (Å²) in [4.78, 5) is 21.6. The monoisotopic (exact) mass is 387 g/mol. The lowest BCUT2D eigenvalue weighted by Gasteiger charge is -2.34. The van der Waals surface area contributed by atoms with Crippen LogP contribution in [0.25, 0.3) is 10.2 Å². The van der Waals surface area contributed by atoms with Crippen molar-refractivity contribution >= 4 is 32.6 Å². The normalized spacial score (nSPS) is 15.1. The fraction of sp³-hybridized carbons (Fsp3) is 0.421. The van der Waals surface area contributed by atoms with E-state index in [1.165, 1.54) is 23.5 Å². The molecule has 6 nitrogen and oxygen atoms in total. The van der Waals surface area contributed by atoms with Gasteiger partial charge in [-0.3, -0.25) is 9.48 Å². The molecule has 4 rings (SSSR count). The summed E-state index contributed by atoms with van der Waals surface area (Å²) in [6.07, 6.45) is 0. The van der Waals surface area contributed by atoms with Crippen molar-refractivity contribution in [3.8, 4) is 0 Å². The summed E-state index contributed by atoms with van der Waals surface area (Å²) in [6, 6.07) is 6.66. The molecule has 0 N–H and O–H groups in total. The highest BCUT2D eigenvalue weighted by molar-refractivity contribution is 7.22. The number of hydrogen-bond acceptors (Lipinski definition) is 5. The van der Waals surface area contributed by atoms with Crippen LogP contribution in [0, 0.1) is 12.7 Å². The molecule has 3 aromatic rings. The Labute approximate surface area is 161 Å². The lowest BCUT2D eigenvalue weighted by atomic mass is 10.2. The molecule has 0 aliphatic carbocycles. The SMILES string of the molecule is Cc1cc(C(=O)N2CCN(c3nc4ccc(F)cc4s3)CC2)n(C(C)C)n1. The van der Waals surface area contributed by atoms with Gasteiger partial charge in [-0.1, -0.05) is 11.3 Å².